The number of likely N-dealkylation sites (tertiary alicyclic amines) is 1. The van der Waals surface area contributed by atoms with Gasteiger partial charge in [-0.3, -0.25) is 4.90 Å². The lowest BCUT2D eigenvalue weighted by Gasteiger charge is -2.51. The molecular weight excluding hydrogens is 220 g/mol. The van der Waals surface area contributed by atoms with Gasteiger partial charge in [0, 0.05) is 24.7 Å². The fraction of sp³-hybridized carbons (Fsp3) is 1.00. The van der Waals surface area contributed by atoms with Gasteiger partial charge in [-0.25, -0.2) is 0 Å². The molecule has 4 atom stereocenters. The molecule has 0 spiro atoms. The van der Waals surface area contributed by atoms with Crippen LogP contribution < -0.4 is 5.73 Å². The van der Waals surface area contributed by atoms with Gasteiger partial charge in [-0.15, -0.1) is 0 Å². The van der Waals surface area contributed by atoms with Crippen LogP contribution in [0, 0.1) is 17.3 Å². The second-order valence-corrected chi connectivity index (χ2v) is 7.94. The minimum Gasteiger partial charge on any atom is -0.329 e. The fourth-order valence-corrected chi connectivity index (χ4v) is 4.78. The first-order valence-corrected chi connectivity index (χ1v) is 7.77. The van der Waals surface area contributed by atoms with Crippen LogP contribution >= 0.6 is 0 Å². The standard InChI is InChI=1S/C16H32N2/c1-12-6-7-14(3)18(9-12)16(11-17)10-15(4,5)8-13(16)2/h12-14H,6-11,17H2,1-5H3. The average Bonchev–Trinajstić information content (AvgIpc) is 2.52. The maximum Gasteiger partial charge on any atom is 0.0365 e. The van der Waals surface area contributed by atoms with E-state index in [1.54, 1.807) is 0 Å². The summed E-state index contributed by atoms with van der Waals surface area (Å²) in [5.74, 6) is 1.56. The molecule has 4 unspecified atom stereocenters. The molecule has 2 fully saturated rings. The van der Waals surface area contributed by atoms with Crippen LogP contribution in [0.1, 0.15) is 60.3 Å². The first-order chi connectivity index (χ1) is 8.31. The van der Waals surface area contributed by atoms with Gasteiger partial charge in [-0.2, -0.15) is 0 Å². The topological polar surface area (TPSA) is 29.3 Å². The maximum atomic E-state index is 6.28. The van der Waals surface area contributed by atoms with Crippen molar-refractivity contribution in [1.29, 1.82) is 0 Å². The second kappa shape index (κ2) is 4.79. The first kappa shape index (κ1) is 14.3. The molecule has 0 aromatic rings. The summed E-state index contributed by atoms with van der Waals surface area (Å²) in [6, 6.07) is 0.709. The molecule has 0 bridgehead atoms. The van der Waals surface area contributed by atoms with Gasteiger partial charge in [0.1, 0.15) is 0 Å². The third-order valence-corrected chi connectivity index (χ3v) is 5.60. The van der Waals surface area contributed by atoms with E-state index < -0.39 is 0 Å². The van der Waals surface area contributed by atoms with Crippen molar-refractivity contribution in [3.8, 4) is 0 Å². The Bertz CT molecular complexity index is 299. The summed E-state index contributed by atoms with van der Waals surface area (Å²) in [4.78, 5) is 2.78. The van der Waals surface area contributed by atoms with Gasteiger partial charge in [-0.1, -0.05) is 27.7 Å². The zero-order valence-corrected chi connectivity index (χ0v) is 13.0. The molecule has 1 saturated carbocycles. The van der Waals surface area contributed by atoms with Crippen LogP contribution in [0.25, 0.3) is 0 Å². The smallest absolute Gasteiger partial charge is 0.0365 e. The molecule has 0 aromatic carbocycles. The molecule has 2 rings (SSSR count). The van der Waals surface area contributed by atoms with Crippen LogP contribution in [0.3, 0.4) is 0 Å². The van der Waals surface area contributed by atoms with Crippen molar-refractivity contribution in [2.75, 3.05) is 13.1 Å². The summed E-state index contributed by atoms with van der Waals surface area (Å²) in [7, 11) is 0. The van der Waals surface area contributed by atoms with Crippen molar-refractivity contribution in [1.82, 2.24) is 4.90 Å². The highest BCUT2D eigenvalue weighted by Gasteiger charge is 2.52. The summed E-state index contributed by atoms with van der Waals surface area (Å²) < 4.78 is 0. The molecule has 1 saturated heterocycles. The molecule has 0 aromatic heterocycles. The lowest BCUT2D eigenvalue weighted by atomic mass is 9.80. The Morgan fingerprint density at radius 3 is 2.33 bits per heavy atom. The van der Waals surface area contributed by atoms with Crippen LogP contribution in [0.4, 0.5) is 0 Å². The van der Waals surface area contributed by atoms with Gasteiger partial charge in [0.25, 0.3) is 0 Å². The van der Waals surface area contributed by atoms with E-state index in [1.165, 1.54) is 32.2 Å². The Kier molecular flexibility index (Phi) is 3.81. The highest BCUT2D eigenvalue weighted by Crippen LogP contribution is 2.51. The molecule has 18 heavy (non-hydrogen) atoms. The predicted molar refractivity (Wildman–Crippen MR) is 78.5 cm³/mol. The molecule has 1 aliphatic heterocycles. The van der Waals surface area contributed by atoms with Gasteiger partial charge >= 0.3 is 0 Å². The lowest BCUT2D eigenvalue weighted by molar-refractivity contribution is -0.0126. The Labute approximate surface area is 113 Å². The molecule has 1 aliphatic carbocycles. The highest BCUT2D eigenvalue weighted by molar-refractivity contribution is 5.08. The molecule has 2 nitrogen and oxygen atoms in total. The van der Waals surface area contributed by atoms with Crippen molar-refractivity contribution in [3.05, 3.63) is 0 Å². The predicted octanol–water partition coefficient (Wildman–Crippen LogP) is 3.26. The largest absolute Gasteiger partial charge is 0.329 e. The quantitative estimate of drug-likeness (QED) is 0.817. The summed E-state index contributed by atoms with van der Waals surface area (Å²) in [6.45, 7) is 14.1. The maximum absolute atomic E-state index is 6.28. The summed E-state index contributed by atoms with van der Waals surface area (Å²) >= 11 is 0. The van der Waals surface area contributed by atoms with E-state index in [2.05, 4.69) is 39.5 Å². The highest BCUT2D eigenvalue weighted by atomic mass is 15.3. The van der Waals surface area contributed by atoms with Crippen LogP contribution in [0.15, 0.2) is 0 Å². The number of piperidine rings is 1. The first-order valence-electron chi connectivity index (χ1n) is 7.77. The second-order valence-electron chi connectivity index (χ2n) is 7.94. The van der Waals surface area contributed by atoms with E-state index in [9.17, 15) is 0 Å². The van der Waals surface area contributed by atoms with Crippen LogP contribution in [-0.2, 0) is 0 Å². The van der Waals surface area contributed by atoms with E-state index in [0.717, 1.165) is 18.4 Å². The zero-order valence-electron chi connectivity index (χ0n) is 13.0. The lowest BCUT2D eigenvalue weighted by Crippen LogP contribution is -2.61. The number of hydrogen-bond donors (Lipinski definition) is 1. The SMILES string of the molecule is CC1CCC(C)N(C2(CN)CC(C)(C)CC2C)C1. The third kappa shape index (κ3) is 2.34. The van der Waals surface area contributed by atoms with Gasteiger partial charge in [-0.05, 0) is 49.9 Å². The van der Waals surface area contributed by atoms with Gasteiger partial charge in [0.05, 0.1) is 0 Å². The Morgan fingerprint density at radius 1 is 1.17 bits per heavy atom. The van der Waals surface area contributed by atoms with Crippen molar-refractivity contribution >= 4 is 0 Å². The van der Waals surface area contributed by atoms with Crippen LogP contribution in [-0.4, -0.2) is 29.6 Å². The Morgan fingerprint density at radius 2 is 1.83 bits per heavy atom. The van der Waals surface area contributed by atoms with Gasteiger partial charge < -0.3 is 5.73 Å². The van der Waals surface area contributed by atoms with Gasteiger partial charge in [0.2, 0.25) is 0 Å². The van der Waals surface area contributed by atoms with Crippen molar-refractivity contribution < 1.29 is 0 Å². The summed E-state index contributed by atoms with van der Waals surface area (Å²) in [5.41, 5.74) is 7.00. The average molecular weight is 252 g/mol. The van der Waals surface area contributed by atoms with E-state index in [-0.39, 0.29) is 5.54 Å². The van der Waals surface area contributed by atoms with Gasteiger partial charge in [0.15, 0.2) is 0 Å². The molecule has 106 valence electrons. The minimum atomic E-state index is 0.262. The molecule has 2 N–H and O–H groups in total. The van der Waals surface area contributed by atoms with E-state index >= 15 is 0 Å². The Hall–Kier alpha value is -0.0800. The molecule has 1 heterocycles. The molecule has 2 heteroatoms. The summed E-state index contributed by atoms with van der Waals surface area (Å²) in [6.07, 6.45) is 5.32. The zero-order chi connectivity index (χ0) is 13.6. The Balaban J connectivity index is 2.26. The fourth-order valence-electron chi connectivity index (χ4n) is 4.78. The van der Waals surface area contributed by atoms with Crippen LogP contribution in [0.5, 0.6) is 0 Å². The summed E-state index contributed by atoms with van der Waals surface area (Å²) in [5, 5.41) is 0. The minimum absolute atomic E-state index is 0.262. The number of hydrogen-bond acceptors (Lipinski definition) is 2. The number of rotatable bonds is 2. The van der Waals surface area contributed by atoms with Crippen molar-refractivity contribution in [3.63, 3.8) is 0 Å². The molecule has 0 radical (unpaired) electrons. The molecule has 0 amide bonds. The molecular formula is C16H32N2. The van der Waals surface area contributed by atoms with E-state index in [4.69, 9.17) is 5.73 Å². The normalized spacial score (nSPS) is 45.3. The number of nitrogens with two attached hydrogens (primary N) is 1. The van der Waals surface area contributed by atoms with Crippen molar-refractivity contribution in [2.45, 2.75) is 71.9 Å². The molecule has 2 aliphatic rings. The van der Waals surface area contributed by atoms with E-state index in [1.807, 2.05) is 0 Å². The third-order valence-electron chi connectivity index (χ3n) is 5.60. The monoisotopic (exact) mass is 252 g/mol. The van der Waals surface area contributed by atoms with E-state index in [0.29, 0.717) is 11.5 Å². The van der Waals surface area contributed by atoms with Crippen molar-refractivity contribution in [2.24, 2.45) is 23.0 Å². The van der Waals surface area contributed by atoms with Crippen LogP contribution in [0.2, 0.25) is 0 Å². The number of nitrogens with zero attached hydrogens (tertiary/aromatic N) is 1.